The lowest BCUT2D eigenvalue weighted by molar-refractivity contribution is 0.354. The third kappa shape index (κ3) is 5.20. The molecular weight excluding hydrogens is 280 g/mol. The van der Waals surface area contributed by atoms with E-state index in [1.165, 1.54) is 5.56 Å². The Labute approximate surface area is 132 Å². The van der Waals surface area contributed by atoms with Gasteiger partial charge < -0.3 is 18.9 Å². The molecule has 2 rings (SSSR count). The van der Waals surface area contributed by atoms with E-state index in [-0.39, 0.29) is 0 Å². The Morgan fingerprint density at radius 2 is 1.09 bits per heavy atom. The summed E-state index contributed by atoms with van der Waals surface area (Å²) in [6.45, 7) is 4.02. The number of benzene rings is 2. The molecule has 0 atom stereocenters. The van der Waals surface area contributed by atoms with E-state index in [4.69, 9.17) is 18.9 Å². The van der Waals surface area contributed by atoms with Crippen LogP contribution in [0.2, 0.25) is 0 Å². The smallest absolute Gasteiger partial charge is 0.160 e. The van der Waals surface area contributed by atoms with Gasteiger partial charge in [-0.2, -0.15) is 0 Å². The highest BCUT2D eigenvalue weighted by atomic mass is 16.5. The molecule has 0 unspecified atom stereocenters. The van der Waals surface area contributed by atoms with Crippen LogP contribution in [0.3, 0.4) is 0 Å². The third-order valence-corrected chi connectivity index (χ3v) is 3.03. The van der Waals surface area contributed by atoms with E-state index in [1.807, 2.05) is 50.2 Å². The van der Waals surface area contributed by atoms with Gasteiger partial charge in [-0.25, -0.2) is 0 Å². The minimum absolute atomic E-state index is 0.776. The lowest BCUT2D eigenvalue weighted by Crippen LogP contribution is -1.90. The molecule has 0 bridgehead atoms. The van der Waals surface area contributed by atoms with Gasteiger partial charge in [0, 0.05) is 6.07 Å². The Kier molecular flexibility index (Phi) is 7.09. The molecule has 4 heteroatoms. The number of hydrogen-bond acceptors (Lipinski definition) is 4. The summed E-state index contributed by atoms with van der Waals surface area (Å²) in [6, 6.07) is 11.6. The Morgan fingerprint density at radius 1 is 0.545 bits per heavy atom. The highest BCUT2D eigenvalue weighted by Gasteiger charge is 2.00. The summed E-state index contributed by atoms with van der Waals surface area (Å²) in [4.78, 5) is 0. The van der Waals surface area contributed by atoms with Crippen LogP contribution >= 0.6 is 0 Å². The molecular formula is C18H24O4. The molecule has 0 aliphatic heterocycles. The van der Waals surface area contributed by atoms with Crippen LogP contribution in [0.25, 0.3) is 0 Å². The van der Waals surface area contributed by atoms with E-state index in [9.17, 15) is 0 Å². The molecule has 4 nitrogen and oxygen atoms in total. The fourth-order valence-electron chi connectivity index (χ4n) is 1.89. The lowest BCUT2D eigenvalue weighted by Gasteiger charge is -2.06. The second kappa shape index (κ2) is 8.82. The van der Waals surface area contributed by atoms with Gasteiger partial charge in [0.25, 0.3) is 0 Å². The van der Waals surface area contributed by atoms with Crippen LogP contribution in [-0.2, 0) is 0 Å². The summed E-state index contributed by atoms with van der Waals surface area (Å²) in [7, 11) is 6.56. The van der Waals surface area contributed by atoms with Crippen molar-refractivity contribution in [3.05, 3.63) is 47.5 Å². The quantitative estimate of drug-likeness (QED) is 0.854. The molecule has 0 N–H and O–H groups in total. The zero-order valence-electron chi connectivity index (χ0n) is 14.1. The predicted molar refractivity (Wildman–Crippen MR) is 88.6 cm³/mol. The molecule has 22 heavy (non-hydrogen) atoms. The van der Waals surface area contributed by atoms with E-state index in [1.54, 1.807) is 28.4 Å². The van der Waals surface area contributed by atoms with Gasteiger partial charge >= 0.3 is 0 Å². The van der Waals surface area contributed by atoms with Crippen LogP contribution in [0.4, 0.5) is 0 Å². The Bertz CT molecular complexity index is 571. The van der Waals surface area contributed by atoms with Crippen molar-refractivity contribution in [3.63, 3.8) is 0 Å². The maximum atomic E-state index is 5.09. The molecule has 2 aromatic carbocycles. The van der Waals surface area contributed by atoms with E-state index < -0.39 is 0 Å². The maximum absolute atomic E-state index is 5.09. The molecule has 0 aliphatic rings. The molecule has 0 heterocycles. The molecule has 0 spiro atoms. The molecule has 0 amide bonds. The van der Waals surface area contributed by atoms with Gasteiger partial charge in [0.05, 0.1) is 28.4 Å². The van der Waals surface area contributed by atoms with E-state index in [0.29, 0.717) is 0 Å². The summed E-state index contributed by atoms with van der Waals surface area (Å²) in [5.74, 6) is 3.23. The van der Waals surface area contributed by atoms with Gasteiger partial charge in [-0.1, -0.05) is 6.07 Å². The van der Waals surface area contributed by atoms with Crippen LogP contribution in [0.15, 0.2) is 36.4 Å². The number of hydrogen-bond donors (Lipinski definition) is 0. The Hall–Kier alpha value is -2.36. The fraction of sp³-hybridized carbons (Fsp3) is 0.333. The first-order chi connectivity index (χ1) is 10.5. The van der Waals surface area contributed by atoms with Gasteiger partial charge in [-0.05, 0) is 49.2 Å². The fourth-order valence-corrected chi connectivity index (χ4v) is 1.89. The summed E-state index contributed by atoms with van der Waals surface area (Å²) in [5, 5.41) is 0. The molecule has 2 aromatic rings. The van der Waals surface area contributed by atoms with Gasteiger partial charge in [-0.3, -0.25) is 0 Å². The van der Waals surface area contributed by atoms with Crippen molar-refractivity contribution in [1.29, 1.82) is 0 Å². The highest BCUT2D eigenvalue weighted by molar-refractivity contribution is 5.42. The number of methoxy groups -OCH3 is 4. The second-order valence-corrected chi connectivity index (χ2v) is 4.75. The van der Waals surface area contributed by atoms with Gasteiger partial charge in [0.2, 0.25) is 0 Å². The van der Waals surface area contributed by atoms with E-state index in [2.05, 4.69) is 0 Å². The average molecular weight is 304 g/mol. The molecule has 0 aromatic heterocycles. The highest BCUT2D eigenvalue weighted by Crippen LogP contribution is 2.26. The lowest BCUT2D eigenvalue weighted by atomic mass is 10.2. The van der Waals surface area contributed by atoms with Crippen molar-refractivity contribution in [1.82, 2.24) is 0 Å². The van der Waals surface area contributed by atoms with Crippen molar-refractivity contribution in [3.8, 4) is 23.0 Å². The van der Waals surface area contributed by atoms with Crippen molar-refractivity contribution in [2.45, 2.75) is 13.8 Å². The van der Waals surface area contributed by atoms with Crippen LogP contribution in [-0.4, -0.2) is 28.4 Å². The standard InChI is InChI=1S/2C9H12O2/c1-7-4-8(10-2)6-9(5-7)11-3;1-7-4-5-8(10-2)9(6-7)11-3/h2*4-6H,1-3H3. The minimum Gasteiger partial charge on any atom is -0.497 e. The summed E-state index contributed by atoms with van der Waals surface area (Å²) in [6.07, 6.45) is 0. The monoisotopic (exact) mass is 304 g/mol. The third-order valence-electron chi connectivity index (χ3n) is 3.03. The van der Waals surface area contributed by atoms with Crippen LogP contribution in [0.5, 0.6) is 23.0 Å². The van der Waals surface area contributed by atoms with Crippen LogP contribution in [0, 0.1) is 13.8 Å². The largest absolute Gasteiger partial charge is 0.497 e. The maximum Gasteiger partial charge on any atom is 0.160 e. The molecule has 0 saturated heterocycles. The molecule has 0 saturated carbocycles. The average Bonchev–Trinajstić information content (AvgIpc) is 2.54. The van der Waals surface area contributed by atoms with Gasteiger partial charge in [0.15, 0.2) is 11.5 Å². The van der Waals surface area contributed by atoms with Gasteiger partial charge in [-0.15, -0.1) is 0 Å². The van der Waals surface area contributed by atoms with Gasteiger partial charge in [0.1, 0.15) is 11.5 Å². The zero-order valence-corrected chi connectivity index (χ0v) is 14.1. The number of aryl methyl sites for hydroxylation is 2. The SMILES string of the molecule is COc1cc(C)cc(OC)c1.COc1ccc(C)cc1OC. The summed E-state index contributed by atoms with van der Waals surface area (Å²) < 4.78 is 20.3. The second-order valence-electron chi connectivity index (χ2n) is 4.75. The topological polar surface area (TPSA) is 36.9 Å². The van der Waals surface area contributed by atoms with Crippen molar-refractivity contribution in [2.75, 3.05) is 28.4 Å². The van der Waals surface area contributed by atoms with E-state index in [0.717, 1.165) is 28.6 Å². The molecule has 0 aliphatic carbocycles. The van der Waals surface area contributed by atoms with Crippen LogP contribution < -0.4 is 18.9 Å². The number of ether oxygens (including phenoxy) is 4. The van der Waals surface area contributed by atoms with Crippen molar-refractivity contribution >= 4 is 0 Å². The Balaban J connectivity index is 0.000000220. The zero-order chi connectivity index (χ0) is 16.5. The predicted octanol–water partition coefficient (Wildman–Crippen LogP) is 4.02. The Morgan fingerprint density at radius 3 is 1.55 bits per heavy atom. The van der Waals surface area contributed by atoms with Crippen molar-refractivity contribution < 1.29 is 18.9 Å². The molecule has 0 radical (unpaired) electrons. The summed E-state index contributed by atoms with van der Waals surface area (Å²) >= 11 is 0. The summed E-state index contributed by atoms with van der Waals surface area (Å²) in [5.41, 5.74) is 2.31. The first-order valence-electron chi connectivity index (χ1n) is 6.92. The number of rotatable bonds is 4. The normalized spacial score (nSPS) is 9.36. The van der Waals surface area contributed by atoms with E-state index >= 15 is 0 Å². The van der Waals surface area contributed by atoms with Crippen LogP contribution in [0.1, 0.15) is 11.1 Å². The first-order valence-corrected chi connectivity index (χ1v) is 6.92. The molecule has 120 valence electrons. The first kappa shape index (κ1) is 17.7. The molecule has 0 fully saturated rings. The van der Waals surface area contributed by atoms with Crippen molar-refractivity contribution in [2.24, 2.45) is 0 Å². The minimum atomic E-state index is 0.776.